The van der Waals surface area contributed by atoms with Gasteiger partial charge in [0, 0.05) is 24.4 Å². The second-order valence-electron chi connectivity index (χ2n) is 5.51. The van der Waals surface area contributed by atoms with Gasteiger partial charge in [0.15, 0.2) is 0 Å². The van der Waals surface area contributed by atoms with E-state index in [1.165, 1.54) is 0 Å². The lowest BCUT2D eigenvalue weighted by atomic mass is 9.76. The Bertz CT molecular complexity index is 251. The zero-order chi connectivity index (χ0) is 11.6. The van der Waals surface area contributed by atoms with E-state index in [9.17, 15) is 4.79 Å². The predicted molar refractivity (Wildman–Crippen MR) is 63.1 cm³/mol. The van der Waals surface area contributed by atoms with Gasteiger partial charge in [-0.3, -0.25) is 4.79 Å². The minimum absolute atomic E-state index is 0.205. The fraction of sp³-hybridized carbons (Fsp3) is 0.923. The molecule has 92 valence electrons. The van der Waals surface area contributed by atoms with Crippen LogP contribution in [0.4, 0.5) is 0 Å². The number of amides is 1. The highest BCUT2D eigenvalue weighted by molar-refractivity contribution is 5.78. The van der Waals surface area contributed by atoms with Gasteiger partial charge in [-0.2, -0.15) is 0 Å². The van der Waals surface area contributed by atoms with Crippen molar-refractivity contribution in [1.82, 2.24) is 4.90 Å². The van der Waals surface area contributed by atoms with Crippen molar-refractivity contribution >= 4 is 5.91 Å². The Kier molecular flexibility index (Phi) is 3.53. The summed E-state index contributed by atoms with van der Waals surface area (Å²) in [7, 11) is 0. The number of hydrogen-bond acceptors (Lipinski definition) is 2. The number of carbonyl (C=O) groups excluding carboxylic acids is 1. The summed E-state index contributed by atoms with van der Waals surface area (Å²) < 4.78 is 5.29. The molecule has 2 rings (SSSR count). The molecule has 0 aromatic heterocycles. The van der Waals surface area contributed by atoms with Crippen LogP contribution in [0.3, 0.4) is 0 Å². The van der Waals surface area contributed by atoms with E-state index in [0.717, 1.165) is 52.0 Å². The van der Waals surface area contributed by atoms with Crippen LogP contribution in [0.15, 0.2) is 0 Å². The molecule has 0 aromatic carbocycles. The quantitative estimate of drug-likeness (QED) is 0.736. The Morgan fingerprint density at radius 2 is 2.00 bits per heavy atom. The molecule has 2 heterocycles. The first kappa shape index (κ1) is 11.9. The molecule has 3 nitrogen and oxygen atoms in total. The van der Waals surface area contributed by atoms with Gasteiger partial charge in [-0.25, -0.2) is 0 Å². The van der Waals surface area contributed by atoms with Gasteiger partial charge in [-0.1, -0.05) is 20.3 Å². The SMILES string of the molecule is CCCC(C)C(=O)N1CCC2(CC1)COC2. The third-order valence-electron chi connectivity index (χ3n) is 4.10. The van der Waals surface area contributed by atoms with Gasteiger partial charge < -0.3 is 9.64 Å². The summed E-state index contributed by atoms with van der Waals surface area (Å²) in [5, 5.41) is 0. The lowest BCUT2D eigenvalue weighted by molar-refractivity contribution is -0.155. The summed E-state index contributed by atoms with van der Waals surface area (Å²) in [6.45, 7) is 7.91. The van der Waals surface area contributed by atoms with Crippen molar-refractivity contribution in [2.24, 2.45) is 11.3 Å². The van der Waals surface area contributed by atoms with Gasteiger partial charge >= 0.3 is 0 Å². The third kappa shape index (κ3) is 2.24. The number of hydrogen-bond donors (Lipinski definition) is 0. The summed E-state index contributed by atoms with van der Waals surface area (Å²) in [6, 6.07) is 0. The Hall–Kier alpha value is -0.570. The Labute approximate surface area is 98.1 Å². The van der Waals surface area contributed by atoms with Gasteiger partial charge in [0.05, 0.1) is 13.2 Å². The fourth-order valence-corrected chi connectivity index (χ4v) is 2.75. The van der Waals surface area contributed by atoms with Gasteiger partial charge in [0.1, 0.15) is 0 Å². The molecule has 1 amide bonds. The normalized spacial score (nSPS) is 25.2. The Balaban J connectivity index is 1.81. The minimum atomic E-state index is 0.205. The molecule has 0 aromatic rings. The smallest absolute Gasteiger partial charge is 0.225 e. The first-order valence-electron chi connectivity index (χ1n) is 6.53. The van der Waals surface area contributed by atoms with Crippen molar-refractivity contribution < 1.29 is 9.53 Å². The highest BCUT2D eigenvalue weighted by Crippen LogP contribution is 2.38. The van der Waals surface area contributed by atoms with Gasteiger partial charge in [-0.15, -0.1) is 0 Å². The zero-order valence-electron chi connectivity index (χ0n) is 10.5. The van der Waals surface area contributed by atoms with Gasteiger partial charge in [-0.05, 0) is 19.3 Å². The molecule has 16 heavy (non-hydrogen) atoms. The van der Waals surface area contributed by atoms with E-state index in [4.69, 9.17) is 4.74 Å². The van der Waals surface area contributed by atoms with E-state index in [-0.39, 0.29) is 5.92 Å². The van der Waals surface area contributed by atoms with Crippen LogP contribution in [-0.4, -0.2) is 37.1 Å². The monoisotopic (exact) mass is 225 g/mol. The average molecular weight is 225 g/mol. The summed E-state index contributed by atoms with van der Waals surface area (Å²) >= 11 is 0. The van der Waals surface area contributed by atoms with Crippen LogP contribution in [0.2, 0.25) is 0 Å². The maximum Gasteiger partial charge on any atom is 0.225 e. The fourth-order valence-electron chi connectivity index (χ4n) is 2.75. The van der Waals surface area contributed by atoms with E-state index in [0.29, 0.717) is 11.3 Å². The van der Waals surface area contributed by atoms with E-state index in [2.05, 4.69) is 18.7 Å². The molecular weight excluding hydrogens is 202 g/mol. The molecule has 0 saturated carbocycles. The second-order valence-corrected chi connectivity index (χ2v) is 5.51. The molecule has 1 atom stereocenters. The van der Waals surface area contributed by atoms with E-state index >= 15 is 0 Å². The van der Waals surface area contributed by atoms with Gasteiger partial charge in [0.25, 0.3) is 0 Å². The van der Waals surface area contributed by atoms with Gasteiger partial charge in [0.2, 0.25) is 5.91 Å². The van der Waals surface area contributed by atoms with Crippen LogP contribution in [-0.2, 0) is 9.53 Å². The molecule has 2 aliphatic rings. The molecule has 3 heteroatoms. The molecule has 2 aliphatic heterocycles. The van der Waals surface area contributed by atoms with Crippen molar-refractivity contribution in [2.45, 2.75) is 39.5 Å². The summed E-state index contributed by atoms with van der Waals surface area (Å²) in [6.07, 6.45) is 4.39. The largest absolute Gasteiger partial charge is 0.380 e. The molecule has 0 bridgehead atoms. The van der Waals surface area contributed by atoms with E-state index in [1.807, 2.05) is 0 Å². The summed E-state index contributed by atoms with van der Waals surface area (Å²) in [5.74, 6) is 0.564. The molecule has 0 radical (unpaired) electrons. The Morgan fingerprint density at radius 1 is 1.38 bits per heavy atom. The van der Waals surface area contributed by atoms with Crippen molar-refractivity contribution in [1.29, 1.82) is 0 Å². The Morgan fingerprint density at radius 3 is 2.44 bits per heavy atom. The standard InChI is InChI=1S/C13H23NO2/c1-3-4-11(2)12(15)14-7-5-13(6-8-14)9-16-10-13/h11H,3-10H2,1-2H3. The van der Waals surface area contributed by atoms with E-state index in [1.54, 1.807) is 0 Å². The molecule has 1 spiro atoms. The third-order valence-corrected chi connectivity index (χ3v) is 4.10. The molecule has 2 saturated heterocycles. The number of carbonyl (C=O) groups is 1. The van der Waals surface area contributed by atoms with E-state index < -0.39 is 0 Å². The number of nitrogens with zero attached hydrogens (tertiary/aromatic N) is 1. The lowest BCUT2D eigenvalue weighted by Crippen LogP contribution is -2.52. The number of ether oxygens (including phenoxy) is 1. The molecule has 2 fully saturated rings. The maximum absolute atomic E-state index is 12.1. The number of piperidine rings is 1. The first-order chi connectivity index (χ1) is 7.67. The van der Waals surface area contributed by atoms with Crippen molar-refractivity contribution in [3.05, 3.63) is 0 Å². The molecule has 1 unspecified atom stereocenters. The van der Waals surface area contributed by atoms with Crippen LogP contribution < -0.4 is 0 Å². The second kappa shape index (κ2) is 4.74. The summed E-state index contributed by atoms with van der Waals surface area (Å²) in [4.78, 5) is 14.2. The van der Waals surface area contributed by atoms with Crippen LogP contribution >= 0.6 is 0 Å². The van der Waals surface area contributed by atoms with Crippen LogP contribution in [0.5, 0.6) is 0 Å². The zero-order valence-corrected chi connectivity index (χ0v) is 10.5. The lowest BCUT2D eigenvalue weighted by Gasteiger charge is -2.47. The minimum Gasteiger partial charge on any atom is -0.380 e. The average Bonchev–Trinajstić information content (AvgIpc) is 2.26. The predicted octanol–water partition coefficient (Wildman–Crippen LogP) is 2.06. The number of likely N-dealkylation sites (tertiary alicyclic amines) is 1. The first-order valence-corrected chi connectivity index (χ1v) is 6.53. The van der Waals surface area contributed by atoms with Crippen LogP contribution in [0.25, 0.3) is 0 Å². The van der Waals surface area contributed by atoms with Crippen LogP contribution in [0.1, 0.15) is 39.5 Å². The highest BCUT2D eigenvalue weighted by atomic mass is 16.5. The van der Waals surface area contributed by atoms with Crippen LogP contribution in [0, 0.1) is 11.3 Å². The van der Waals surface area contributed by atoms with Crippen molar-refractivity contribution in [3.8, 4) is 0 Å². The maximum atomic E-state index is 12.1. The number of rotatable bonds is 3. The highest BCUT2D eigenvalue weighted by Gasteiger charge is 2.42. The van der Waals surface area contributed by atoms with Crippen molar-refractivity contribution in [2.75, 3.05) is 26.3 Å². The molecule has 0 aliphatic carbocycles. The molecule has 0 N–H and O–H groups in total. The molecular formula is C13H23NO2. The topological polar surface area (TPSA) is 29.5 Å². The summed E-state index contributed by atoms with van der Waals surface area (Å²) in [5.41, 5.74) is 0.435. The van der Waals surface area contributed by atoms with Crippen molar-refractivity contribution in [3.63, 3.8) is 0 Å².